The highest BCUT2D eigenvalue weighted by molar-refractivity contribution is 6.03. The second-order valence-electron chi connectivity index (χ2n) is 6.78. The molecule has 1 amide bonds. The average molecular weight is 339 g/mol. The Kier molecular flexibility index (Phi) is 7.52. The minimum atomic E-state index is -2.88. The molecule has 0 radical (unpaired) electrons. The number of nitrogens with one attached hydrogen (secondary N) is 1. The minimum absolute atomic E-state index is 0.0751. The standard InChI is InChI=1S/C15H17F2NO2.C4H10/c1-2-3-4-14(20)11-7-10-5-6-15(16,17)12(10)8-13(11)18-9-19;1-4(2)3/h7-9H,2-6H2,1H3,(H,18,19);4H,1-3H3. The number of carbonyl (C=O) groups excluding carboxylic acids is 2. The molecule has 0 saturated heterocycles. The largest absolute Gasteiger partial charge is 0.328 e. The van der Waals surface area contributed by atoms with E-state index in [0.29, 0.717) is 24.0 Å². The number of hydrogen-bond donors (Lipinski definition) is 1. The lowest BCUT2D eigenvalue weighted by Crippen LogP contribution is -2.11. The third-order valence-corrected chi connectivity index (χ3v) is 3.62. The third-order valence-electron chi connectivity index (χ3n) is 3.62. The molecular weight excluding hydrogens is 312 g/mol. The van der Waals surface area contributed by atoms with Gasteiger partial charge in [-0.05, 0) is 36.5 Å². The van der Waals surface area contributed by atoms with Crippen LogP contribution < -0.4 is 5.32 Å². The molecule has 0 bridgehead atoms. The summed E-state index contributed by atoms with van der Waals surface area (Å²) in [6.07, 6.45) is 2.41. The smallest absolute Gasteiger partial charge is 0.273 e. The lowest BCUT2D eigenvalue weighted by Gasteiger charge is -2.14. The number of Topliss-reactive ketones (excluding diaryl/α,β-unsaturated/α-hetero) is 1. The molecule has 0 heterocycles. The second kappa shape index (κ2) is 8.90. The number of halogens is 2. The van der Waals surface area contributed by atoms with E-state index in [0.717, 1.165) is 18.8 Å². The van der Waals surface area contributed by atoms with Gasteiger partial charge in [-0.2, -0.15) is 0 Å². The molecule has 1 aliphatic rings. The molecule has 0 aliphatic heterocycles. The summed E-state index contributed by atoms with van der Waals surface area (Å²) in [5, 5.41) is 2.37. The van der Waals surface area contributed by atoms with Crippen molar-refractivity contribution in [1.29, 1.82) is 0 Å². The Morgan fingerprint density at radius 1 is 1.33 bits per heavy atom. The van der Waals surface area contributed by atoms with Crippen LogP contribution in [-0.4, -0.2) is 12.2 Å². The number of carbonyl (C=O) groups is 2. The summed E-state index contributed by atoms with van der Waals surface area (Å²) in [5.41, 5.74) is 0.948. The summed E-state index contributed by atoms with van der Waals surface area (Å²) in [5.74, 6) is -2.16. The van der Waals surface area contributed by atoms with Crippen molar-refractivity contribution in [2.24, 2.45) is 5.92 Å². The molecule has 24 heavy (non-hydrogen) atoms. The van der Waals surface area contributed by atoms with Crippen LogP contribution >= 0.6 is 0 Å². The lowest BCUT2D eigenvalue weighted by atomic mass is 9.98. The van der Waals surface area contributed by atoms with Crippen LogP contribution in [0.15, 0.2) is 12.1 Å². The number of hydrogen-bond acceptors (Lipinski definition) is 2. The first-order chi connectivity index (χ1) is 11.2. The molecule has 1 N–H and O–H groups in total. The highest BCUT2D eigenvalue weighted by atomic mass is 19.3. The fourth-order valence-electron chi connectivity index (χ4n) is 2.50. The molecule has 0 fully saturated rings. The van der Waals surface area contributed by atoms with E-state index in [-0.39, 0.29) is 29.9 Å². The van der Waals surface area contributed by atoms with Gasteiger partial charge in [0.05, 0.1) is 5.69 Å². The number of rotatable bonds is 6. The number of aryl methyl sites for hydroxylation is 1. The molecular formula is C19H27F2NO2. The molecule has 1 aliphatic carbocycles. The van der Waals surface area contributed by atoms with Gasteiger partial charge in [-0.3, -0.25) is 9.59 Å². The molecule has 2 rings (SSSR count). The van der Waals surface area contributed by atoms with Crippen LogP contribution in [0.25, 0.3) is 0 Å². The lowest BCUT2D eigenvalue weighted by molar-refractivity contribution is -0.105. The van der Waals surface area contributed by atoms with Gasteiger partial charge in [-0.15, -0.1) is 0 Å². The SMILES string of the molecule is CC(C)C.CCCCC(=O)c1cc2c(cc1NC=O)C(F)(F)CC2. The van der Waals surface area contributed by atoms with E-state index in [1.807, 2.05) is 6.92 Å². The number of anilines is 1. The Labute approximate surface area is 142 Å². The van der Waals surface area contributed by atoms with Gasteiger partial charge in [0.2, 0.25) is 6.41 Å². The maximum absolute atomic E-state index is 13.7. The van der Waals surface area contributed by atoms with Crippen LogP contribution in [0.4, 0.5) is 14.5 Å². The summed E-state index contributed by atoms with van der Waals surface area (Å²) < 4.78 is 27.4. The number of amides is 1. The molecule has 5 heteroatoms. The maximum Gasteiger partial charge on any atom is 0.273 e. The Morgan fingerprint density at radius 2 is 1.96 bits per heavy atom. The summed E-state index contributed by atoms with van der Waals surface area (Å²) in [4.78, 5) is 22.7. The molecule has 0 saturated carbocycles. The first kappa shape index (κ1) is 20.3. The monoisotopic (exact) mass is 339 g/mol. The number of alkyl halides is 2. The maximum atomic E-state index is 13.7. The number of fused-ring (bicyclic) bond motifs is 1. The van der Waals surface area contributed by atoms with E-state index >= 15 is 0 Å². The minimum Gasteiger partial charge on any atom is -0.328 e. The van der Waals surface area contributed by atoms with Crippen LogP contribution in [0, 0.1) is 5.92 Å². The Bertz CT molecular complexity index is 580. The van der Waals surface area contributed by atoms with E-state index in [1.54, 1.807) is 0 Å². The predicted molar refractivity (Wildman–Crippen MR) is 92.7 cm³/mol. The molecule has 1 aromatic carbocycles. The Balaban J connectivity index is 0.000000648. The van der Waals surface area contributed by atoms with Crippen molar-refractivity contribution in [3.8, 4) is 0 Å². The third kappa shape index (κ3) is 5.39. The van der Waals surface area contributed by atoms with Gasteiger partial charge in [0.25, 0.3) is 5.92 Å². The second-order valence-corrected chi connectivity index (χ2v) is 6.78. The van der Waals surface area contributed by atoms with E-state index in [1.165, 1.54) is 12.1 Å². The fourth-order valence-corrected chi connectivity index (χ4v) is 2.50. The zero-order valence-electron chi connectivity index (χ0n) is 14.9. The van der Waals surface area contributed by atoms with Crippen molar-refractivity contribution < 1.29 is 18.4 Å². The number of ketones is 1. The summed E-state index contributed by atoms with van der Waals surface area (Å²) in [6, 6.07) is 2.76. The Morgan fingerprint density at radius 3 is 2.50 bits per heavy atom. The van der Waals surface area contributed by atoms with E-state index in [4.69, 9.17) is 0 Å². The van der Waals surface area contributed by atoms with Gasteiger partial charge >= 0.3 is 0 Å². The van der Waals surface area contributed by atoms with E-state index in [2.05, 4.69) is 26.1 Å². The van der Waals surface area contributed by atoms with Gasteiger partial charge in [-0.25, -0.2) is 8.78 Å². The highest BCUT2D eigenvalue weighted by Crippen LogP contribution is 2.43. The fraction of sp³-hybridized carbons (Fsp3) is 0.579. The zero-order valence-corrected chi connectivity index (χ0v) is 14.9. The van der Waals surface area contributed by atoms with Crippen molar-refractivity contribution in [2.75, 3.05) is 5.32 Å². The van der Waals surface area contributed by atoms with Crippen LogP contribution in [0.3, 0.4) is 0 Å². The molecule has 3 nitrogen and oxygen atoms in total. The van der Waals surface area contributed by atoms with Gasteiger partial charge in [0, 0.05) is 24.0 Å². The number of benzene rings is 1. The van der Waals surface area contributed by atoms with Crippen molar-refractivity contribution >= 4 is 17.9 Å². The predicted octanol–water partition coefficient (Wildman–Crippen LogP) is 5.33. The van der Waals surface area contributed by atoms with Crippen molar-refractivity contribution in [2.45, 2.75) is 65.7 Å². The summed E-state index contributed by atoms with van der Waals surface area (Å²) in [6.45, 7) is 8.47. The molecule has 0 aromatic heterocycles. The van der Waals surface area contributed by atoms with Crippen LogP contribution in [-0.2, 0) is 17.1 Å². The van der Waals surface area contributed by atoms with Gasteiger partial charge in [-0.1, -0.05) is 34.1 Å². The summed E-state index contributed by atoms with van der Waals surface area (Å²) >= 11 is 0. The highest BCUT2D eigenvalue weighted by Gasteiger charge is 2.40. The Hall–Kier alpha value is -1.78. The molecule has 0 unspecified atom stereocenters. The van der Waals surface area contributed by atoms with Gasteiger partial charge < -0.3 is 5.32 Å². The quantitative estimate of drug-likeness (QED) is 0.562. The van der Waals surface area contributed by atoms with Crippen molar-refractivity contribution in [3.05, 3.63) is 28.8 Å². The first-order valence-electron chi connectivity index (χ1n) is 8.51. The molecule has 0 atom stereocenters. The normalized spacial score (nSPS) is 14.6. The van der Waals surface area contributed by atoms with Crippen LogP contribution in [0.1, 0.15) is 74.9 Å². The first-order valence-corrected chi connectivity index (χ1v) is 8.51. The molecule has 0 spiro atoms. The topological polar surface area (TPSA) is 46.2 Å². The van der Waals surface area contributed by atoms with Crippen LogP contribution in [0.5, 0.6) is 0 Å². The van der Waals surface area contributed by atoms with Crippen LogP contribution in [0.2, 0.25) is 0 Å². The van der Waals surface area contributed by atoms with Gasteiger partial charge in [0.15, 0.2) is 5.78 Å². The molecule has 1 aromatic rings. The number of unbranched alkanes of at least 4 members (excludes halogenated alkanes) is 1. The van der Waals surface area contributed by atoms with Crippen molar-refractivity contribution in [1.82, 2.24) is 0 Å². The summed E-state index contributed by atoms with van der Waals surface area (Å²) in [7, 11) is 0. The van der Waals surface area contributed by atoms with Gasteiger partial charge in [0.1, 0.15) is 0 Å². The molecule has 134 valence electrons. The van der Waals surface area contributed by atoms with E-state index in [9.17, 15) is 18.4 Å². The van der Waals surface area contributed by atoms with Crippen molar-refractivity contribution in [3.63, 3.8) is 0 Å². The average Bonchev–Trinajstić information content (AvgIpc) is 2.79. The van der Waals surface area contributed by atoms with E-state index < -0.39 is 5.92 Å². The zero-order chi connectivity index (χ0) is 18.3.